The Kier molecular flexibility index (Phi) is 5.59. The molecule has 23 heavy (non-hydrogen) atoms. The maximum absolute atomic E-state index is 6.27. The quantitative estimate of drug-likeness (QED) is 0.589. The Hall–Kier alpha value is -1.50. The number of hydrogen-bond donors (Lipinski definition) is 0. The van der Waals surface area contributed by atoms with Gasteiger partial charge in [0, 0.05) is 0 Å². The van der Waals surface area contributed by atoms with Gasteiger partial charge in [-0.05, 0) is 66.5 Å². The summed E-state index contributed by atoms with van der Waals surface area (Å²) in [6, 6.07) is 13.3. The summed E-state index contributed by atoms with van der Waals surface area (Å²) >= 11 is 0. The smallest absolute Gasteiger partial charge is 0.120 e. The van der Waals surface area contributed by atoms with Gasteiger partial charge >= 0.3 is 0 Å². The van der Waals surface area contributed by atoms with Crippen LogP contribution in [-0.2, 0) is 6.42 Å². The zero-order chi connectivity index (χ0) is 16.1. The predicted molar refractivity (Wildman–Crippen MR) is 99.2 cm³/mol. The average Bonchev–Trinajstić information content (AvgIpc) is 2.60. The summed E-state index contributed by atoms with van der Waals surface area (Å²) in [5.41, 5.74) is 1.40. The van der Waals surface area contributed by atoms with Crippen LogP contribution in [0.4, 0.5) is 0 Å². The monoisotopic (exact) mass is 310 g/mol. The molecule has 0 N–H and O–H groups in total. The summed E-state index contributed by atoms with van der Waals surface area (Å²) < 4.78 is 6.27. The number of ether oxygens (including phenoxy) is 1. The van der Waals surface area contributed by atoms with E-state index in [0.717, 1.165) is 18.1 Å². The van der Waals surface area contributed by atoms with E-state index in [0.29, 0.717) is 6.10 Å². The molecule has 0 radical (unpaired) electrons. The van der Waals surface area contributed by atoms with E-state index in [-0.39, 0.29) is 0 Å². The largest absolute Gasteiger partial charge is 0.490 e. The highest BCUT2D eigenvalue weighted by Crippen LogP contribution is 2.31. The van der Waals surface area contributed by atoms with Crippen molar-refractivity contribution in [2.45, 2.75) is 71.3 Å². The van der Waals surface area contributed by atoms with Gasteiger partial charge in [-0.15, -0.1) is 0 Å². The summed E-state index contributed by atoms with van der Waals surface area (Å²) in [6.07, 6.45) is 10.8. The maximum Gasteiger partial charge on any atom is 0.120 e. The fraction of sp³-hybridized carbons (Fsp3) is 0.545. The summed E-state index contributed by atoms with van der Waals surface area (Å²) in [5.74, 6) is 1.98. The van der Waals surface area contributed by atoms with Crippen molar-refractivity contribution in [1.82, 2.24) is 0 Å². The minimum Gasteiger partial charge on any atom is -0.490 e. The normalized spacial score (nSPS) is 21.5. The molecule has 3 rings (SSSR count). The lowest BCUT2D eigenvalue weighted by atomic mass is 9.84. The third-order valence-electron chi connectivity index (χ3n) is 5.35. The van der Waals surface area contributed by atoms with Crippen molar-refractivity contribution in [3.63, 3.8) is 0 Å². The van der Waals surface area contributed by atoms with Crippen LogP contribution in [-0.4, -0.2) is 6.10 Å². The van der Waals surface area contributed by atoms with Gasteiger partial charge in [0.1, 0.15) is 5.75 Å². The molecule has 1 aliphatic carbocycles. The van der Waals surface area contributed by atoms with Crippen molar-refractivity contribution in [3.8, 4) is 5.75 Å². The van der Waals surface area contributed by atoms with E-state index in [4.69, 9.17) is 4.74 Å². The first kappa shape index (κ1) is 16.4. The second-order valence-electron chi connectivity index (χ2n) is 7.10. The summed E-state index contributed by atoms with van der Waals surface area (Å²) in [5, 5.41) is 2.61. The van der Waals surface area contributed by atoms with E-state index in [2.05, 4.69) is 50.2 Å². The molecule has 2 aromatic rings. The second-order valence-corrected chi connectivity index (χ2v) is 7.10. The molecule has 1 saturated carbocycles. The van der Waals surface area contributed by atoms with E-state index in [9.17, 15) is 0 Å². The van der Waals surface area contributed by atoms with Crippen molar-refractivity contribution in [1.29, 1.82) is 0 Å². The Morgan fingerprint density at radius 3 is 2.39 bits per heavy atom. The molecule has 0 unspecified atom stereocenters. The second kappa shape index (κ2) is 7.86. The molecule has 0 spiro atoms. The molecule has 2 aromatic carbocycles. The molecule has 0 saturated heterocycles. The van der Waals surface area contributed by atoms with E-state index in [1.807, 2.05) is 0 Å². The third kappa shape index (κ3) is 4.28. The number of aryl methyl sites for hydroxylation is 1. The Balaban J connectivity index is 1.59. The number of unbranched alkanes of at least 4 members (excludes halogenated alkanes) is 1. The van der Waals surface area contributed by atoms with Crippen LogP contribution >= 0.6 is 0 Å². The van der Waals surface area contributed by atoms with Gasteiger partial charge in [0.05, 0.1) is 6.10 Å². The number of rotatable bonds is 6. The zero-order valence-corrected chi connectivity index (χ0v) is 14.7. The topological polar surface area (TPSA) is 9.23 Å². The van der Waals surface area contributed by atoms with Gasteiger partial charge in [0.2, 0.25) is 0 Å². The predicted octanol–water partition coefficient (Wildman–Crippen LogP) is 6.53. The number of fused-ring (bicyclic) bond motifs is 1. The van der Waals surface area contributed by atoms with Gasteiger partial charge < -0.3 is 4.74 Å². The van der Waals surface area contributed by atoms with Gasteiger partial charge in [-0.2, -0.15) is 0 Å². The van der Waals surface area contributed by atoms with Crippen LogP contribution in [0.3, 0.4) is 0 Å². The van der Waals surface area contributed by atoms with Crippen LogP contribution in [0.15, 0.2) is 36.4 Å². The van der Waals surface area contributed by atoms with Crippen molar-refractivity contribution in [2.24, 2.45) is 5.92 Å². The molecule has 1 aliphatic rings. The van der Waals surface area contributed by atoms with Crippen LogP contribution in [0.2, 0.25) is 0 Å². The Bertz CT molecular complexity index is 623. The van der Waals surface area contributed by atoms with Crippen LogP contribution in [0.1, 0.15) is 64.4 Å². The molecule has 0 heterocycles. The molecule has 1 fully saturated rings. The van der Waals surface area contributed by atoms with Crippen LogP contribution in [0, 0.1) is 5.92 Å². The summed E-state index contributed by atoms with van der Waals surface area (Å²) in [4.78, 5) is 0. The fourth-order valence-electron chi connectivity index (χ4n) is 3.79. The molecule has 0 aromatic heterocycles. The first-order valence-electron chi connectivity index (χ1n) is 9.47. The standard InChI is InChI=1S/C22H30O/c1-3-5-6-18-8-12-21(13-9-18)23-22-14-11-19-15-17(4-2)7-10-20(19)16-22/h7,10-11,14-16,18,21H,3-6,8-9,12-13H2,1-2H3. The SMILES string of the molecule is CCCCC1CCC(Oc2ccc3cc(CC)ccc3c2)CC1. The Morgan fingerprint density at radius 2 is 1.65 bits per heavy atom. The Morgan fingerprint density at radius 1 is 0.913 bits per heavy atom. The first-order chi connectivity index (χ1) is 11.3. The lowest BCUT2D eigenvalue weighted by molar-refractivity contribution is 0.128. The van der Waals surface area contributed by atoms with E-state index in [1.165, 1.54) is 61.3 Å². The minimum absolute atomic E-state index is 0.417. The number of hydrogen-bond acceptors (Lipinski definition) is 1. The highest BCUT2D eigenvalue weighted by molar-refractivity contribution is 5.84. The summed E-state index contributed by atoms with van der Waals surface area (Å²) in [6.45, 7) is 4.49. The molecular formula is C22H30O. The van der Waals surface area contributed by atoms with Gasteiger partial charge in [-0.25, -0.2) is 0 Å². The van der Waals surface area contributed by atoms with Crippen molar-refractivity contribution in [3.05, 3.63) is 42.0 Å². The summed E-state index contributed by atoms with van der Waals surface area (Å²) in [7, 11) is 0. The Labute approximate surface area is 141 Å². The van der Waals surface area contributed by atoms with E-state index >= 15 is 0 Å². The molecular weight excluding hydrogens is 280 g/mol. The highest BCUT2D eigenvalue weighted by atomic mass is 16.5. The number of benzene rings is 2. The molecule has 0 amide bonds. The average molecular weight is 310 g/mol. The lowest BCUT2D eigenvalue weighted by Gasteiger charge is -2.29. The van der Waals surface area contributed by atoms with Gasteiger partial charge in [0.25, 0.3) is 0 Å². The molecule has 1 heteroatoms. The minimum atomic E-state index is 0.417. The molecule has 1 nitrogen and oxygen atoms in total. The maximum atomic E-state index is 6.27. The van der Waals surface area contributed by atoms with E-state index in [1.54, 1.807) is 0 Å². The highest BCUT2D eigenvalue weighted by Gasteiger charge is 2.22. The van der Waals surface area contributed by atoms with Crippen molar-refractivity contribution < 1.29 is 4.74 Å². The lowest BCUT2D eigenvalue weighted by Crippen LogP contribution is -2.24. The zero-order valence-electron chi connectivity index (χ0n) is 14.7. The third-order valence-corrected chi connectivity index (χ3v) is 5.35. The molecule has 0 atom stereocenters. The van der Waals surface area contributed by atoms with Gasteiger partial charge in [-0.1, -0.05) is 57.4 Å². The van der Waals surface area contributed by atoms with Gasteiger partial charge in [-0.3, -0.25) is 0 Å². The molecule has 0 aliphatic heterocycles. The molecule has 124 valence electrons. The fourth-order valence-corrected chi connectivity index (χ4v) is 3.79. The van der Waals surface area contributed by atoms with E-state index < -0.39 is 0 Å². The van der Waals surface area contributed by atoms with Crippen LogP contribution in [0.5, 0.6) is 5.75 Å². The molecule has 0 bridgehead atoms. The van der Waals surface area contributed by atoms with Crippen LogP contribution < -0.4 is 4.74 Å². The van der Waals surface area contributed by atoms with Crippen molar-refractivity contribution in [2.75, 3.05) is 0 Å². The van der Waals surface area contributed by atoms with Crippen LogP contribution in [0.25, 0.3) is 10.8 Å². The van der Waals surface area contributed by atoms with Gasteiger partial charge in [0.15, 0.2) is 0 Å². The van der Waals surface area contributed by atoms with Crippen molar-refractivity contribution >= 4 is 10.8 Å². The first-order valence-corrected chi connectivity index (χ1v) is 9.47.